The van der Waals surface area contributed by atoms with E-state index in [-0.39, 0.29) is 17.3 Å². The Morgan fingerprint density at radius 3 is 2.27 bits per heavy atom. The predicted molar refractivity (Wildman–Crippen MR) is 162 cm³/mol. The van der Waals surface area contributed by atoms with E-state index in [4.69, 9.17) is 4.74 Å². The van der Waals surface area contributed by atoms with Gasteiger partial charge in [0.05, 0.1) is 13.2 Å². The number of ketones is 3. The number of Topliss-reactive ketones (excluding diaryl/α,β-unsaturated/α-hetero) is 3. The molecular weight excluding hydrogens is 578 g/mol. The van der Waals surface area contributed by atoms with E-state index in [0.29, 0.717) is 22.4 Å². The Hall–Kier alpha value is -4.29. The van der Waals surface area contributed by atoms with Crippen LogP contribution in [0.2, 0.25) is 0 Å². The summed E-state index contributed by atoms with van der Waals surface area (Å²) in [6.07, 6.45) is 3.94. The van der Waals surface area contributed by atoms with E-state index in [1.165, 1.54) is 0 Å². The van der Waals surface area contributed by atoms with Crippen LogP contribution in [0.5, 0.6) is 5.75 Å². The van der Waals surface area contributed by atoms with Gasteiger partial charge in [-0.1, -0.05) is 88.2 Å². The van der Waals surface area contributed by atoms with Crippen LogP contribution in [0.3, 0.4) is 0 Å². The zero-order chi connectivity index (χ0) is 28.5. The van der Waals surface area contributed by atoms with Crippen molar-refractivity contribution < 1.29 is 19.1 Å². The van der Waals surface area contributed by atoms with E-state index in [1.54, 1.807) is 55.6 Å². The van der Waals surface area contributed by atoms with Crippen LogP contribution in [-0.2, 0) is 0 Å². The van der Waals surface area contributed by atoms with Crippen molar-refractivity contribution in [2.75, 3.05) is 12.0 Å². The SMILES string of the molecule is COc1cccc(C(=O)[C@@H]2[C@@H](c3ccc(Br)cc3)C3(C(=O)c4ccccc4C3=O)C3C=Cc4cc(C)ccc4N32)c1. The van der Waals surface area contributed by atoms with Crippen molar-refractivity contribution in [2.24, 2.45) is 5.41 Å². The largest absolute Gasteiger partial charge is 0.497 e. The molecule has 5 nitrogen and oxygen atoms in total. The number of anilines is 1. The summed E-state index contributed by atoms with van der Waals surface area (Å²) in [4.78, 5) is 46.2. The second-order valence-corrected chi connectivity index (χ2v) is 11.8. The summed E-state index contributed by atoms with van der Waals surface area (Å²) in [5, 5.41) is 0. The highest BCUT2D eigenvalue weighted by Crippen LogP contribution is 2.61. The monoisotopic (exact) mass is 603 g/mol. The number of ether oxygens (including phenoxy) is 1. The first kappa shape index (κ1) is 25.7. The molecule has 0 amide bonds. The van der Waals surface area contributed by atoms with Gasteiger partial charge in [-0.2, -0.15) is 0 Å². The molecule has 4 aromatic rings. The Bertz CT molecular complexity index is 1760. The molecule has 1 aliphatic carbocycles. The number of hydrogen-bond acceptors (Lipinski definition) is 5. The molecule has 1 fully saturated rings. The van der Waals surface area contributed by atoms with Gasteiger partial charge in [0.2, 0.25) is 0 Å². The topological polar surface area (TPSA) is 63.7 Å². The first-order valence-corrected chi connectivity index (χ1v) is 14.3. The highest BCUT2D eigenvalue weighted by Gasteiger charge is 2.71. The number of nitrogens with zero attached hydrogens (tertiary/aromatic N) is 1. The number of carbonyl (C=O) groups excluding carboxylic acids is 3. The number of fused-ring (bicyclic) bond motifs is 5. The minimum Gasteiger partial charge on any atom is -0.497 e. The van der Waals surface area contributed by atoms with Crippen molar-refractivity contribution in [2.45, 2.75) is 24.9 Å². The average molecular weight is 605 g/mol. The second-order valence-electron chi connectivity index (χ2n) is 10.9. The number of rotatable bonds is 4. The highest BCUT2D eigenvalue weighted by molar-refractivity contribution is 9.10. The van der Waals surface area contributed by atoms with Crippen LogP contribution in [0.1, 0.15) is 53.7 Å². The fourth-order valence-electron chi connectivity index (χ4n) is 7.09. The summed E-state index contributed by atoms with van der Waals surface area (Å²) in [6, 6.07) is 26.4. The lowest BCUT2D eigenvalue weighted by molar-refractivity contribution is 0.0666. The number of halogens is 1. The van der Waals surface area contributed by atoms with E-state index >= 15 is 0 Å². The molecule has 41 heavy (non-hydrogen) atoms. The molecule has 4 aromatic carbocycles. The Balaban J connectivity index is 1.54. The minimum atomic E-state index is -1.52. The average Bonchev–Trinajstić information content (AvgIpc) is 3.43. The molecule has 3 atom stereocenters. The molecule has 0 radical (unpaired) electrons. The van der Waals surface area contributed by atoms with Gasteiger partial charge in [0.25, 0.3) is 0 Å². The first-order chi connectivity index (χ1) is 19.9. The van der Waals surface area contributed by atoms with Crippen molar-refractivity contribution in [1.29, 1.82) is 0 Å². The normalized spacial score (nSPS) is 21.5. The molecule has 0 bridgehead atoms. The van der Waals surface area contributed by atoms with Crippen LogP contribution < -0.4 is 9.64 Å². The molecule has 0 aromatic heterocycles. The quantitative estimate of drug-likeness (QED) is 0.184. The highest BCUT2D eigenvalue weighted by atomic mass is 79.9. The number of benzene rings is 4. The molecule has 2 heterocycles. The fourth-order valence-corrected chi connectivity index (χ4v) is 7.35. The molecule has 0 saturated carbocycles. The van der Waals surface area contributed by atoms with E-state index < -0.39 is 23.4 Å². The Labute approximate surface area is 246 Å². The van der Waals surface area contributed by atoms with Crippen molar-refractivity contribution in [1.82, 2.24) is 0 Å². The lowest BCUT2D eigenvalue weighted by atomic mass is 9.64. The lowest BCUT2D eigenvalue weighted by Gasteiger charge is -2.37. The van der Waals surface area contributed by atoms with Crippen LogP contribution in [-0.4, -0.2) is 36.5 Å². The number of hydrogen-bond donors (Lipinski definition) is 0. The fraction of sp³-hybridized carbons (Fsp3) is 0.171. The molecule has 1 unspecified atom stereocenters. The third kappa shape index (κ3) is 3.56. The third-order valence-electron chi connectivity index (χ3n) is 8.81. The van der Waals surface area contributed by atoms with Gasteiger partial charge >= 0.3 is 0 Å². The van der Waals surface area contributed by atoms with E-state index in [2.05, 4.69) is 22.0 Å². The van der Waals surface area contributed by atoms with E-state index in [9.17, 15) is 14.4 Å². The summed E-state index contributed by atoms with van der Waals surface area (Å²) < 4.78 is 6.32. The standard InChI is InChI=1S/C35H26BrNO4/c1-20-10-16-28-22(18-20)13-17-29-35(33(39)26-8-3-4-9-27(26)34(35)40)30(21-11-14-24(36)15-12-21)31(37(28)29)32(38)23-6-5-7-25(19-23)41-2/h3-19,29-31H,1-2H3/t29?,30-,31+/m1/s1. The summed E-state index contributed by atoms with van der Waals surface area (Å²) in [5.41, 5.74) is 3.41. The molecule has 7 rings (SSSR count). The van der Waals surface area contributed by atoms with Gasteiger partial charge in [0, 0.05) is 32.8 Å². The molecule has 202 valence electrons. The van der Waals surface area contributed by atoms with Gasteiger partial charge in [-0.15, -0.1) is 0 Å². The number of aryl methyl sites for hydroxylation is 1. The van der Waals surface area contributed by atoms with Gasteiger partial charge in [0.1, 0.15) is 17.2 Å². The summed E-state index contributed by atoms with van der Waals surface area (Å²) >= 11 is 3.53. The second kappa shape index (κ2) is 9.38. The van der Waals surface area contributed by atoms with Crippen LogP contribution in [0.15, 0.2) is 102 Å². The Kier molecular flexibility index (Phi) is 5.87. The van der Waals surface area contributed by atoms with Crippen molar-refractivity contribution in [3.8, 4) is 5.75 Å². The van der Waals surface area contributed by atoms with E-state index in [1.807, 2.05) is 60.4 Å². The maximum Gasteiger partial charge on any atom is 0.186 e. The molecule has 2 aliphatic heterocycles. The van der Waals surface area contributed by atoms with Crippen LogP contribution in [0.25, 0.3) is 6.08 Å². The summed E-state index contributed by atoms with van der Waals surface area (Å²) in [5.74, 6) is -0.819. The maximum atomic E-state index is 14.8. The first-order valence-electron chi connectivity index (χ1n) is 13.6. The van der Waals surface area contributed by atoms with Crippen LogP contribution >= 0.6 is 15.9 Å². The maximum absolute atomic E-state index is 14.8. The molecule has 6 heteroatoms. The van der Waals surface area contributed by atoms with Crippen molar-refractivity contribution in [3.05, 3.63) is 135 Å². The third-order valence-corrected chi connectivity index (χ3v) is 9.34. The van der Waals surface area contributed by atoms with Crippen molar-refractivity contribution >= 4 is 45.0 Å². The van der Waals surface area contributed by atoms with Gasteiger partial charge in [-0.05, 0) is 54.4 Å². The van der Waals surface area contributed by atoms with Crippen LogP contribution in [0.4, 0.5) is 5.69 Å². The summed E-state index contributed by atoms with van der Waals surface area (Å²) in [7, 11) is 1.57. The van der Waals surface area contributed by atoms with Gasteiger partial charge in [-0.25, -0.2) is 0 Å². The Morgan fingerprint density at radius 2 is 1.59 bits per heavy atom. The Morgan fingerprint density at radius 1 is 0.878 bits per heavy atom. The lowest BCUT2D eigenvalue weighted by Crippen LogP contribution is -2.48. The summed E-state index contributed by atoms with van der Waals surface area (Å²) in [6.45, 7) is 2.02. The smallest absolute Gasteiger partial charge is 0.186 e. The van der Waals surface area contributed by atoms with Gasteiger partial charge < -0.3 is 9.64 Å². The van der Waals surface area contributed by atoms with Gasteiger partial charge in [-0.3, -0.25) is 14.4 Å². The predicted octanol–water partition coefficient (Wildman–Crippen LogP) is 7.08. The van der Waals surface area contributed by atoms with Crippen molar-refractivity contribution in [3.63, 3.8) is 0 Å². The number of carbonyl (C=O) groups is 3. The van der Waals surface area contributed by atoms with Crippen LogP contribution in [0, 0.1) is 12.3 Å². The molecule has 3 aliphatic rings. The van der Waals surface area contributed by atoms with Gasteiger partial charge in [0.15, 0.2) is 17.3 Å². The zero-order valence-electron chi connectivity index (χ0n) is 22.5. The number of methoxy groups -OCH3 is 1. The molecular formula is C35H26BrNO4. The minimum absolute atomic E-state index is 0.169. The molecule has 1 saturated heterocycles. The van der Waals surface area contributed by atoms with E-state index in [0.717, 1.165) is 26.9 Å². The molecule has 0 N–H and O–H groups in total. The molecule has 1 spiro atoms. The zero-order valence-corrected chi connectivity index (χ0v) is 24.1.